The Bertz CT molecular complexity index is 1340. The number of dihydropyridines is 1. The molecule has 1 aromatic carbocycles. The number of halogens is 3. The Balaban J connectivity index is 1.42. The second kappa shape index (κ2) is 11.3. The fraction of sp³-hybridized carbons (Fsp3) is 0.517. The van der Waals surface area contributed by atoms with Gasteiger partial charge in [-0.05, 0) is 57.9 Å². The van der Waals surface area contributed by atoms with Crippen molar-refractivity contribution in [2.24, 2.45) is 10.9 Å². The van der Waals surface area contributed by atoms with Gasteiger partial charge in [0, 0.05) is 62.2 Å². The van der Waals surface area contributed by atoms with Gasteiger partial charge in [0.2, 0.25) is 5.91 Å². The molecule has 3 heterocycles. The van der Waals surface area contributed by atoms with Crippen LogP contribution in [0, 0.1) is 11.7 Å². The van der Waals surface area contributed by atoms with Crippen LogP contribution >= 0.6 is 0 Å². The first-order valence-corrected chi connectivity index (χ1v) is 13.8. The zero-order chi connectivity index (χ0) is 29.5. The van der Waals surface area contributed by atoms with Crippen LogP contribution in [-0.2, 0) is 14.3 Å². The molecule has 0 spiro atoms. The molecule has 1 aromatic rings. The van der Waals surface area contributed by atoms with Gasteiger partial charge in [0.1, 0.15) is 17.3 Å². The van der Waals surface area contributed by atoms with E-state index in [1.807, 2.05) is 25.8 Å². The Labute approximate surface area is 236 Å². The van der Waals surface area contributed by atoms with Gasteiger partial charge in [0.05, 0.1) is 11.4 Å². The van der Waals surface area contributed by atoms with E-state index < -0.39 is 47.2 Å². The molecule has 12 heteroatoms. The third-order valence-electron chi connectivity index (χ3n) is 8.45. The highest BCUT2D eigenvalue weighted by Gasteiger charge is 2.38. The van der Waals surface area contributed by atoms with E-state index in [4.69, 9.17) is 4.74 Å². The van der Waals surface area contributed by atoms with E-state index >= 15 is 4.39 Å². The Morgan fingerprint density at radius 1 is 1.22 bits per heavy atom. The summed E-state index contributed by atoms with van der Waals surface area (Å²) in [6.07, 6.45) is 2.44. The predicted octanol–water partition coefficient (Wildman–Crippen LogP) is 4.10. The van der Waals surface area contributed by atoms with E-state index in [2.05, 4.69) is 15.2 Å². The van der Waals surface area contributed by atoms with Crippen LogP contribution in [0.1, 0.15) is 38.7 Å². The van der Waals surface area contributed by atoms with Crippen molar-refractivity contribution in [1.82, 2.24) is 9.80 Å². The molecule has 1 aliphatic carbocycles. The Hall–Kier alpha value is -3.67. The maximum atomic E-state index is 15.7. The van der Waals surface area contributed by atoms with Crippen molar-refractivity contribution in [3.63, 3.8) is 0 Å². The van der Waals surface area contributed by atoms with Gasteiger partial charge in [-0.3, -0.25) is 9.59 Å². The molecule has 2 fully saturated rings. The molecule has 41 heavy (non-hydrogen) atoms. The molecule has 1 N–H and O–H groups in total. The number of likely N-dealkylation sites (N-methyl/N-ethyl adjacent to an activating group) is 1. The Morgan fingerprint density at radius 2 is 1.98 bits per heavy atom. The zero-order valence-electron chi connectivity index (χ0n) is 23.3. The van der Waals surface area contributed by atoms with Gasteiger partial charge in [0.25, 0.3) is 12.3 Å². The average molecular weight is 574 g/mol. The number of amides is 3. The molecule has 5 rings (SSSR count). The van der Waals surface area contributed by atoms with Crippen molar-refractivity contribution in [3.05, 3.63) is 41.2 Å². The minimum absolute atomic E-state index is 0.125. The lowest BCUT2D eigenvalue weighted by Crippen LogP contribution is -2.50. The van der Waals surface area contributed by atoms with Gasteiger partial charge in [0.15, 0.2) is 0 Å². The molecular weight excluding hydrogens is 539 g/mol. The van der Waals surface area contributed by atoms with Gasteiger partial charge < -0.3 is 24.8 Å². The lowest BCUT2D eigenvalue weighted by Gasteiger charge is -2.40. The number of nitrogens with one attached hydrogen (secondary N) is 1. The second-order valence-corrected chi connectivity index (χ2v) is 11.4. The fourth-order valence-electron chi connectivity index (χ4n) is 5.51. The number of ether oxygens (including phenoxy) is 1. The van der Waals surface area contributed by atoms with Gasteiger partial charge in [-0.15, -0.1) is 0 Å². The predicted molar refractivity (Wildman–Crippen MR) is 149 cm³/mol. The van der Waals surface area contributed by atoms with Crippen LogP contribution < -0.4 is 10.2 Å². The Kier molecular flexibility index (Phi) is 7.95. The maximum absolute atomic E-state index is 15.7. The van der Waals surface area contributed by atoms with Crippen LogP contribution in [0.2, 0.25) is 0 Å². The number of benzene rings is 1. The molecule has 0 bridgehead atoms. The van der Waals surface area contributed by atoms with Crippen LogP contribution in [0.4, 0.5) is 29.3 Å². The first-order chi connectivity index (χ1) is 19.4. The minimum Gasteiger partial charge on any atom is -0.443 e. The second-order valence-electron chi connectivity index (χ2n) is 11.4. The standard InChI is InChI=1S/C29H34F3N5O4/c1-17-15-36(10-9-35(17)3)24-13-22(30)19(18-5-8-37(16-18)28(40)41-29(2)6-4-7-29)11-23(24)34-27(39)21-14-33-25(38)12-20(21)26(31)32/h5,11-14,17,21,26H,4,6-10,15-16H2,1-3H3,(H,34,39)/t17-,21?/m0/s1. The number of piperazine rings is 1. The topological polar surface area (TPSA) is 94.5 Å². The lowest BCUT2D eigenvalue weighted by atomic mass is 9.82. The molecular formula is C29H34F3N5O4. The summed E-state index contributed by atoms with van der Waals surface area (Å²) in [7, 11) is 1.99. The molecule has 3 amide bonds. The van der Waals surface area contributed by atoms with Crippen LogP contribution in [0.3, 0.4) is 0 Å². The van der Waals surface area contributed by atoms with E-state index in [0.717, 1.165) is 25.5 Å². The highest BCUT2D eigenvalue weighted by Crippen LogP contribution is 2.38. The monoisotopic (exact) mass is 573 g/mol. The molecule has 4 aliphatic rings. The van der Waals surface area contributed by atoms with Crippen LogP contribution in [0.25, 0.3) is 5.57 Å². The summed E-state index contributed by atoms with van der Waals surface area (Å²) in [5.74, 6) is -3.66. The molecule has 2 atom stereocenters. The van der Waals surface area contributed by atoms with Crippen molar-refractivity contribution < 1.29 is 32.3 Å². The summed E-state index contributed by atoms with van der Waals surface area (Å²) < 4.78 is 48.7. The van der Waals surface area contributed by atoms with E-state index in [0.29, 0.717) is 37.0 Å². The molecule has 1 saturated carbocycles. The molecule has 1 unspecified atom stereocenters. The number of carbonyl (C=O) groups excluding carboxylic acids is 3. The number of hydrogen-bond donors (Lipinski definition) is 1. The van der Waals surface area contributed by atoms with Crippen molar-refractivity contribution in [2.45, 2.75) is 51.2 Å². The van der Waals surface area contributed by atoms with E-state index in [1.54, 1.807) is 6.08 Å². The SMILES string of the molecule is C[C@H]1CN(c2cc(F)c(C3=CCN(C(=O)OC4(C)CCC4)C3)cc2NC(=O)C2C=NC(=O)C=C2C(F)F)CCN1C. The summed E-state index contributed by atoms with van der Waals surface area (Å²) >= 11 is 0. The highest BCUT2D eigenvalue weighted by molar-refractivity contribution is 6.11. The van der Waals surface area contributed by atoms with Gasteiger partial charge in [-0.2, -0.15) is 0 Å². The van der Waals surface area contributed by atoms with Gasteiger partial charge in [-0.25, -0.2) is 23.0 Å². The number of nitrogens with zero attached hydrogens (tertiary/aromatic N) is 4. The average Bonchev–Trinajstić information content (AvgIpc) is 3.40. The van der Waals surface area contributed by atoms with Crippen molar-refractivity contribution in [2.75, 3.05) is 50.0 Å². The first kappa shape index (κ1) is 28.8. The molecule has 3 aliphatic heterocycles. The van der Waals surface area contributed by atoms with Gasteiger partial charge in [-0.1, -0.05) is 6.08 Å². The maximum Gasteiger partial charge on any atom is 0.410 e. The number of alkyl halides is 2. The number of anilines is 2. The normalized spacial score (nSPS) is 24.2. The van der Waals surface area contributed by atoms with E-state index in [9.17, 15) is 23.2 Å². The van der Waals surface area contributed by atoms with Gasteiger partial charge >= 0.3 is 6.09 Å². The minimum atomic E-state index is -3.03. The zero-order valence-corrected chi connectivity index (χ0v) is 23.3. The number of hydrogen-bond acceptors (Lipinski definition) is 6. The molecule has 1 saturated heterocycles. The van der Waals surface area contributed by atoms with Crippen molar-refractivity contribution in [3.8, 4) is 0 Å². The highest BCUT2D eigenvalue weighted by atomic mass is 19.3. The molecule has 220 valence electrons. The van der Waals surface area contributed by atoms with E-state index in [1.165, 1.54) is 17.0 Å². The number of rotatable bonds is 6. The summed E-state index contributed by atoms with van der Waals surface area (Å²) in [5.41, 5.74) is 0.276. The van der Waals surface area contributed by atoms with E-state index in [-0.39, 0.29) is 30.4 Å². The van der Waals surface area contributed by atoms with Crippen molar-refractivity contribution in [1.29, 1.82) is 0 Å². The summed E-state index contributed by atoms with van der Waals surface area (Å²) in [6.45, 7) is 6.12. The Morgan fingerprint density at radius 3 is 2.63 bits per heavy atom. The number of carbonyl (C=O) groups is 3. The van der Waals surface area contributed by atoms with Crippen molar-refractivity contribution >= 4 is 41.1 Å². The fourth-order valence-corrected chi connectivity index (χ4v) is 5.51. The van der Waals surface area contributed by atoms with Crippen LogP contribution in [0.15, 0.2) is 34.9 Å². The van der Waals surface area contributed by atoms with Crippen LogP contribution in [0.5, 0.6) is 0 Å². The third kappa shape index (κ3) is 6.02. The third-order valence-corrected chi connectivity index (χ3v) is 8.45. The quantitative estimate of drug-likeness (QED) is 0.551. The lowest BCUT2D eigenvalue weighted by molar-refractivity contribution is -0.117. The summed E-state index contributed by atoms with van der Waals surface area (Å²) in [6, 6.07) is 2.97. The molecule has 9 nitrogen and oxygen atoms in total. The summed E-state index contributed by atoms with van der Waals surface area (Å²) in [4.78, 5) is 46.7. The van der Waals surface area contributed by atoms with Crippen LogP contribution in [-0.4, -0.2) is 91.8 Å². The summed E-state index contributed by atoms with van der Waals surface area (Å²) in [5, 5.41) is 2.70. The molecule has 0 radical (unpaired) electrons. The number of aliphatic imine (C=N–C) groups is 1. The smallest absolute Gasteiger partial charge is 0.410 e. The molecule has 0 aromatic heterocycles. The first-order valence-electron chi connectivity index (χ1n) is 13.8. The largest absolute Gasteiger partial charge is 0.443 e.